The fraction of sp³-hybridized carbons (Fsp3) is 0.231. The van der Waals surface area contributed by atoms with Gasteiger partial charge in [-0.3, -0.25) is 14.3 Å². The van der Waals surface area contributed by atoms with Crippen LogP contribution in [-0.4, -0.2) is 31.2 Å². The zero-order chi connectivity index (χ0) is 25.0. The second kappa shape index (κ2) is 10.2. The Labute approximate surface area is 203 Å². The number of hydrogen-bond acceptors (Lipinski definition) is 6. The minimum Gasteiger partial charge on any atom is -0.487 e. The normalized spacial score (nSPS) is 11.9. The average Bonchev–Trinajstić information content (AvgIpc) is 2.80. The van der Waals surface area contributed by atoms with Crippen molar-refractivity contribution in [1.29, 1.82) is 0 Å². The molecule has 0 aliphatic rings. The number of ether oxygens (including phenoxy) is 1. The van der Waals surface area contributed by atoms with Crippen molar-refractivity contribution >= 4 is 11.6 Å². The number of aryl methyl sites for hydroxylation is 2. The standard InChI is InChI=1S/C26H27ClN4O3/c1-7-9-18(8-2)15-34-22-12-17(4)31(24(32)23(22)27)21-13-20(29-14-16(21)3)19-10-11-28-25(30-19)26(5,6)33/h7-14,33H,1-2,15H2,3-6H3/b18-9+. The van der Waals surface area contributed by atoms with Crippen LogP contribution in [-0.2, 0) is 5.60 Å². The van der Waals surface area contributed by atoms with E-state index in [1.165, 1.54) is 4.57 Å². The number of aliphatic hydroxyl groups is 1. The lowest BCUT2D eigenvalue weighted by Crippen LogP contribution is -2.23. The third kappa shape index (κ3) is 5.32. The minimum absolute atomic E-state index is 0.0308. The molecule has 0 aromatic carbocycles. The van der Waals surface area contributed by atoms with Crippen molar-refractivity contribution in [3.05, 3.63) is 100 Å². The van der Waals surface area contributed by atoms with Crippen LogP contribution in [0.25, 0.3) is 17.1 Å². The maximum atomic E-state index is 13.3. The zero-order valence-electron chi connectivity index (χ0n) is 19.7. The van der Waals surface area contributed by atoms with Crippen molar-refractivity contribution in [1.82, 2.24) is 19.5 Å². The van der Waals surface area contributed by atoms with Crippen LogP contribution in [0, 0.1) is 13.8 Å². The van der Waals surface area contributed by atoms with E-state index in [2.05, 4.69) is 28.1 Å². The van der Waals surface area contributed by atoms with Gasteiger partial charge in [0.25, 0.3) is 5.56 Å². The molecule has 0 saturated carbocycles. The predicted octanol–water partition coefficient (Wildman–Crippen LogP) is 4.86. The van der Waals surface area contributed by atoms with Gasteiger partial charge in [-0.1, -0.05) is 43.0 Å². The summed E-state index contributed by atoms with van der Waals surface area (Å²) in [6.45, 7) is 14.5. The van der Waals surface area contributed by atoms with E-state index in [9.17, 15) is 9.90 Å². The number of allylic oxidation sites excluding steroid dienone is 2. The maximum absolute atomic E-state index is 13.3. The van der Waals surface area contributed by atoms with Crippen LogP contribution in [0.5, 0.6) is 5.75 Å². The number of halogens is 1. The summed E-state index contributed by atoms with van der Waals surface area (Å²) in [6, 6.07) is 5.18. The van der Waals surface area contributed by atoms with Crippen LogP contribution in [0.3, 0.4) is 0 Å². The summed E-state index contributed by atoms with van der Waals surface area (Å²) in [5.74, 6) is 0.561. The Hall–Kier alpha value is -3.55. The molecule has 7 nitrogen and oxygen atoms in total. The summed E-state index contributed by atoms with van der Waals surface area (Å²) < 4.78 is 7.29. The zero-order valence-corrected chi connectivity index (χ0v) is 20.4. The molecule has 3 aromatic heterocycles. The largest absolute Gasteiger partial charge is 0.487 e. The van der Waals surface area contributed by atoms with Gasteiger partial charge >= 0.3 is 0 Å². The fourth-order valence-corrected chi connectivity index (χ4v) is 3.46. The van der Waals surface area contributed by atoms with Gasteiger partial charge < -0.3 is 9.84 Å². The average molecular weight is 479 g/mol. The van der Waals surface area contributed by atoms with Crippen molar-refractivity contribution in [2.24, 2.45) is 0 Å². The smallest absolute Gasteiger partial charge is 0.277 e. The molecule has 8 heteroatoms. The van der Waals surface area contributed by atoms with Crippen molar-refractivity contribution in [3.63, 3.8) is 0 Å². The van der Waals surface area contributed by atoms with Crippen LogP contribution in [0.2, 0.25) is 5.02 Å². The van der Waals surface area contributed by atoms with Crippen molar-refractivity contribution in [3.8, 4) is 22.8 Å². The van der Waals surface area contributed by atoms with Crippen molar-refractivity contribution < 1.29 is 9.84 Å². The summed E-state index contributed by atoms with van der Waals surface area (Å²) in [4.78, 5) is 26.3. The minimum atomic E-state index is -1.20. The summed E-state index contributed by atoms with van der Waals surface area (Å²) in [6.07, 6.45) is 8.29. The van der Waals surface area contributed by atoms with Gasteiger partial charge in [0.15, 0.2) is 5.82 Å². The molecule has 176 valence electrons. The summed E-state index contributed by atoms with van der Waals surface area (Å²) in [7, 11) is 0. The molecule has 0 bridgehead atoms. The van der Waals surface area contributed by atoms with E-state index in [0.717, 1.165) is 11.1 Å². The maximum Gasteiger partial charge on any atom is 0.277 e. The van der Waals surface area contributed by atoms with Crippen LogP contribution >= 0.6 is 11.6 Å². The Balaban J connectivity index is 2.06. The summed E-state index contributed by atoms with van der Waals surface area (Å²) in [5.41, 5.74) is 2.27. The molecule has 0 radical (unpaired) electrons. The van der Waals surface area contributed by atoms with Crippen LogP contribution < -0.4 is 10.3 Å². The van der Waals surface area contributed by atoms with E-state index in [4.69, 9.17) is 16.3 Å². The Kier molecular flexibility index (Phi) is 7.49. The van der Waals surface area contributed by atoms with Gasteiger partial charge in [0, 0.05) is 24.2 Å². The molecule has 1 N–H and O–H groups in total. The molecule has 34 heavy (non-hydrogen) atoms. The molecular formula is C26H27ClN4O3. The van der Waals surface area contributed by atoms with Gasteiger partial charge in [0.1, 0.15) is 23.0 Å². The highest BCUT2D eigenvalue weighted by molar-refractivity contribution is 6.31. The third-order valence-corrected chi connectivity index (χ3v) is 5.42. The fourth-order valence-electron chi connectivity index (χ4n) is 3.26. The van der Waals surface area contributed by atoms with Crippen LogP contribution in [0.1, 0.15) is 30.9 Å². The molecule has 3 aromatic rings. The van der Waals surface area contributed by atoms with E-state index < -0.39 is 11.2 Å². The molecular weight excluding hydrogens is 452 g/mol. The van der Waals surface area contributed by atoms with Gasteiger partial charge in [-0.05, 0) is 51.0 Å². The summed E-state index contributed by atoms with van der Waals surface area (Å²) >= 11 is 6.42. The van der Waals surface area contributed by atoms with Crippen LogP contribution in [0.4, 0.5) is 0 Å². The summed E-state index contributed by atoms with van der Waals surface area (Å²) in [5, 5.41) is 10.2. The highest BCUT2D eigenvalue weighted by atomic mass is 35.5. The van der Waals surface area contributed by atoms with E-state index in [1.54, 1.807) is 69.6 Å². The van der Waals surface area contributed by atoms with Gasteiger partial charge in [0.2, 0.25) is 0 Å². The molecule has 0 amide bonds. The number of pyridine rings is 2. The lowest BCUT2D eigenvalue weighted by molar-refractivity contribution is 0.0688. The first-order chi connectivity index (χ1) is 16.1. The molecule has 0 fully saturated rings. The number of rotatable bonds is 8. The van der Waals surface area contributed by atoms with Gasteiger partial charge in [0.05, 0.1) is 17.1 Å². The molecule has 0 unspecified atom stereocenters. The Bertz CT molecular complexity index is 1340. The highest BCUT2D eigenvalue weighted by Crippen LogP contribution is 2.27. The molecule has 0 aliphatic carbocycles. The molecule has 0 saturated heterocycles. The quantitative estimate of drug-likeness (QED) is 0.465. The van der Waals surface area contributed by atoms with E-state index in [-0.39, 0.29) is 23.2 Å². The second-order valence-corrected chi connectivity index (χ2v) is 8.63. The van der Waals surface area contributed by atoms with E-state index in [1.807, 2.05) is 6.92 Å². The third-order valence-electron chi connectivity index (χ3n) is 5.07. The first kappa shape index (κ1) is 25.1. The lowest BCUT2D eigenvalue weighted by atomic mass is 10.1. The molecule has 0 spiro atoms. The number of aromatic nitrogens is 4. The Morgan fingerprint density at radius 3 is 2.62 bits per heavy atom. The van der Waals surface area contributed by atoms with E-state index >= 15 is 0 Å². The molecule has 0 aliphatic heterocycles. The van der Waals surface area contributed by atoms with E-state index in [0.29, 0.717) is 22.8 Å². The Morgan fingerprint density at radius 2 is 1.97 bits per heavy atom. The number of hydrogen-bond donors (Lipinski definition) is 1. The SMILES string of the molecule is C=C/C=C(\C=C)COc1cc(C)n(-c2cc(-c3ccnc(C(C)(C)O)n3)ncc2C)c(=O)c1Cl. The van der Waals surface area contributed by atoms with Gasteiger partial charge in [-0.2, -0.15) is 0 Å². The monoisotopic (exact) mass is 478 g/mol. The van der Waals surface area contributed by atoms with Crippen molar-refractivity contribution in [2.75, 3.05) is 6.61 Å². The lowest BCUT2D eigenvalue weighted by Gasteiger charge is -2.18. The first-order valence-corrected chi connectivity index (χ1v) is 11.0. The first-order valence-electron chi connectivity index (χ1n) is 10.6. The Morgan fingerprint density at radius 1 is 1.24 bits per heavy atom. The molecule has 3 heterocycles. The highest BCUT2D eigenvalue weighted by Gasteiger charge is 2.21. The predicted molar refractivity (Wildman–Crippen MR) is 135 cm³/mol. The second-order valence-electron chi connectivity index (χ2n) is 8.26. The molecule has 0 atom stereocenters. The van der Waals surface area contributed by atoms with Crippen molar-refractivity contribution in [2.45, 2.75) is 33.3 Å². The van der Waals surface area contributed by atoms with Crippen LogP contribution in [0.15, 0.2) is 72.3 Å². The number of nitrogens with zero attached hydrogens (tertiary/aromatic N) is 4. The molecule has 3 rings (SSSR count). The van der Waals surface area contributed by atoms with Gasteiger partial charge in [-0.25, -0.2) is 9.97 Å². The van der Waals surface area contributed by atoms with Gasteiger partial charge in [-0.15, -0.1) is 0 Å². The topological polar surface area (TPSA) is 90.1 Å².